The van der Waals surface area contributed by atoms with Gasteiger partial charge in [-0.25, -0.2) is 4.39 Å². The number of benzene rings is 1. The summed E-state index contributed by atoms with van der Waals surface area (Å²) < 4.78 is 24.5. The summed E-state index contributed by atoms with van der Waals surface area (Å²) in [6.07, 6.45) is 12.3. The number of hydrogen-bond acceptors (Lipinski definition) is 4. The second-order valence-corrected chi connectivity index (χ2v) is 7.74. The van der Waals surface area contributed by atoms with E-state index in [4.69, 9.17) is 14.6 Å². The van der Waals surface area contributed by atoms with Gasteiger partial charge >= 0.3 is 5.97 Å². The fourth-order valence-electron chi connectivity index (χ4n) is 4.15. The summed E-state index contributed by atoms with van der Waals surface area (Å²) in [5, 5.41) is 18.9. The minimum Gasteiger partial charge on any atom is -0.491 e. The first-order valence-corrected chi connectivity index (χ1v) is 10.3. The molecule has 6 heteroatoms. The molecule has 2 N–H and O–H groups in total. The van der Waals surface area contributed by atoms with Crippen molar-refractivity contribution in [2.75, 3.05) is 6.61 Å². The standard InChI is InChI=1S/C23H29FO5/c24-16-7-10-18(11-8-16)28-15-17(25)9-12-20-19(21-13-14-22(20)29-21)5-3-1-2-4-6-23(26)27/h1,3,7-12,17,19-22,25H,2,4-6,13-15H2,(H,26,27)/b3-1-,12-9+/t17-,19+,20+,21-,22+/m0/s1. The van der Waals surface area contributed by atoms with Gasteiger partial charge in [0, 0.05) is 12.3 Å². The average Bonchev–Trinajstić information content (AvgIpc) is 3.30. The van der Waals surface area contributed by atoms with Gasteiger partial charge in [-0.2, -0.15) is 0 Å². The molecule has 2 bridgehead atoms. The summed E-state index contributed by atoms with van der Waals surface area (Å²) in [7, 11) is 0. The third-order valence-corrected chi connectivity index (χ3v) is 5.61. The number of rotatable bonds is 11. The second-order valence-electron chi connectivity index (χ2n) is 7.74. The van der Waals surface area contributed by atoms with Crippen LogP contribution in [0.5, 0.6) is 5.75 Å². The monoisotopic (exact) mass is 404 g/mol. The highest BCUT2D eigenvalue weighted by Gasteiger charge is 2.46. The summed E-state index contributed by atoms with van der Waals surface area (Å²) >= 11 is 0. The molecule has 3 rings (SSSR count). The molecule has 2 aliphatic rings. The van der Waals surface area contributed by atoms with Crippen LogP contribution in [0.1, 0.15) is 38.5 Å². The van der Waals surface area contributed by atoms with Crippen molar-refractivity contribution >= 4 is 5.97 Å². The first-order chi connectivity index (χ1) is 14.0. The number of carboxylic acid groups (broad SMARTS) is 1. The summed E-state index contributed by atoms with van der Waals surface area (Å²) in [5.74, 6) is 0.0833. The van der Waals surface area contributed by atoms with Gasteiger partial charge in [0.25, 0.3) is 0 Å². The van der Waals surface area contributed by atoms with Crippen molar-refractivity contribution in [2.45, 2.75) is 56.8 Å². The van der Waals surface area contributed by atoms with Gasteiger partial charge in [-0.15, -0.1) is 0 Å². The SMILES string of the molecule is O=C(O)CCC/C=C\C[C@@H]1[C@@H](/C=C/[C@H](O)COc2ccc(F)cc2)[C@H]2CC[C@@H]1O2. The molecule has 0 aliphatic carbocycles. The van der Waals surface area contributed by atoms with E-state index in [0.29, 0.717) is 18.1 Å². The molecule has 5 atom stereocenters. The summed E-state index contributed by atoms with van der Waals surface area (Å²) in [6.45, 7) is 0.109. The number of unbranched alkanes of at least 4 members (excludes halogenated alkanes) is 1. The molecule has 0 aromatic heterocycles. The van der Waals surface area contributed by atoms with Gasteiger partial charge in [-0.3, -0.25) is 4.79 Å². The highest BCUT2D eigenvalue weighted by Crippen LogP contribution is 2.45. The molecule has 5 nitrogen and oxygen atoms in total. The highest BCUT2D eigenvalue weighted by atomic mass is 19.1. The van der Waals surface area contributed by atoms with E-state index < -0.39 is 12.1 Å². The normalized spacial score (nSPS) is 27.1. The lowest BCUT2D eigenvalue weighted by Crippen LogP contribution is -2.26. The quantitative estimate of drug-likeness (QED) is 0.429. The lowest BCUT2D eigenvalue weighted by molar-refractivity contribution is -0.137. The lowest BCUT2D eigenvalue weighted by atomic mass is 9.77. The van der Waals surface area contributed by atoms with Crippen LogP contribution in [0.25, 0.3) is 0 Å². The van der Waals surface area contributed by atoms with Gasteiger partial charge in [0.15, 0.2) is 0 Å². The Bertz CT molecular complexity index is 714. The molecule has 2 aliphatic heterocycles. The van der Waals surface area contributed by atoms with Gasteiger partial charge in [0.1, 0.15) is 24.3 Å². The van der Waals surface area contributed by atoms with E-state index in [-0.39, 0.29) is 37.0 Å². The zero-order valence-electron chi connectivity index (χ0n) is 16.5. The third-order valence-electron chi connectivity index (χ3n) is 5.61. The molecule has 2 heterocycles. The van der Waals surface area contributed by atoms with Crippen LogP contribution in [0, 0.1) is 17.7 Å². The predicted molar refractivity (Wildman–Crippen MR) is 107 cm³/mol. The van der Waals surface area contributed by atoms with Crippen molar-refractivity contribution in [3.8, 4) is 5.75 Å². The van der Waals surface area contributed by atoms with Crippen molar-refractivity contribution in [3.63, 3.8) is 0 Å². The van der Waals surface area contributed by atoms with Crippen molar-refractivity contribution in [3.05, 3.63) is 54.4 Å². The van der Waals surface area contributed by atoms with E-state index in [1.54, 1.807) is 6.08 Å². The molecule has 0 unspecified atom stereocenters. The molecule has 2 fully saturated rings. The summed E-state index contributed by atoms with van der Waals surface area (Å²) in [4.78, 5) is 10.5. The number of fused-ring (bicyclic) bond motifs is 2. The van der Waals surface area contributed by atoms with Gasteiger partial charge in [-0.1, -0.05) is 24.3 Å². The molecule has 0 spiro atoms. The van der Waals surface area contributed by atoms with Crippen molar-refractivity contribution in [1.29, 1.82) is 0 Å². The first kappa shape index (κ1) is 21.5. The fraction of sp³-hybridized carbons (Fsp3) is 0.522. The lowest BCUT2D eigenvalue weighted by Gasteiger charge is -2.25. The summed E-state index contributed by atoms with van der Waals surface area (Å²) in [5.41, 5.74) is 0. The third kappa shape index (κ3) is 6.41. The first-order valence-electron chi connectivity index (χ1n) is 10.3. The number of ether oxygens (including phenoxy) is 2. The van der Waals surface area contributed by atoms with Crippen molar-refractivity contribution in [1.82, 2.24) is 0 Å². The van der Waals surface area contributed by atoms with Gasteiger partial charge in [-0.05, 0) is 62.3 Å². The predicted octanol–water partition coefficient (Wildman–Crippen LogP) is 4.12. The van der Waals surface area contributed by atoms with Gasteiger partial charge in [0.2, 0.25) is 0 Å². The van der Waals surface area contributed by atoms with E-state index >= 15 is 0 Å². The summed E-state index contributed by atoms with van der Waals surface area (Å²) in [6, 6.07) is 5.72. The Balaban J connectivity index is 1.46. The van der Waals surface area contributed by atoms with Gasteiger partial charge in [0.05, 0.1) is 12.2 Å². The number of carboxylic acids is 1. The molecule has 0 saturated carbocycles. The number of allylic oxidation sites excluding steroid dienone is 2. The van der Waals surface area contributed by atoms with Crippen molar-refractivity contribution in [2.24, 2.45) is 11.8 Å². The number of hydrogen-bond donors (Lipinski definition) is 2. The number of aliphatic hydroxyl groups is 1. The number of halogens is 1. The Morgan fingerprint density at radius 1 is 1.24 bits per heavy atom. The fourth-order valence-corrected chi connectivity index (χ4v) is 4.15. The average molecular weight is 404 g/mol. The zero-order valence-corrected chi connectivity index (χ0v) is 16.5. The minimum absolute atomic E-state index is 0.109. The maximum atomic E-state index is 12.9. The molecule has 1 aromatic carbocycles. The maximum Gasteiger partial charge on any atom is 0.303 e. The van der Waals surface area contributed by atoms with Crippen LogP contribution >= 0.6 is 0 Å². The molecule has 1 aromatic rings. The number of aliphatic hydroxyl groups excluding tert-OH is 1. The molecule has 0 radical (unpaired) electrons. The van der Waals surface area contributed by atoms with E-state index in [1.165, 1.54) is 24.3 Å². The van der Waals surface area contributed by atoms with Gasteiger partial charge < -0.3 is 19.7 Å². The Morgan fingerprint density at radius 3 is 2.76 bits per heavy atom. The number of carbonyl (C=O) groups is 1. The minimum atomic E-state index is -0.757. The molecular weight excluding hydrogens is 375 g/mol. The van der Waals surface area contributed by atoms with Crippen molar-refractivity contribution < 1.29 is 28.9 Å². The van der Waals surface area contributed by atoms with Crippen LogP contribution in [0.3, 0.4) is 0 Å². The topological polar surface area (TPSA) is 76.0 Å². The smallest absolute Gasteiger partial charge is 0.303 e. The van der Waals surface area contributed by atoms with Crippen LogP contribution in [0.4, 0.5) is 4.39 Å². The molecule has 2 saturated heterocycles. The Labute approximate surface area is 170 Å². The van der Waals surface area contributed by atoms with Crippen LogP contribution in [-0.2, 0) is 9.53 Å². The van der Waals surface area contributed by atoms with Crippen LogP contribution < -0.4 is 4.74 Å². The Kier molecular flexibility index (Phi) is 7.83. The van der Waals surface area contributed by atoms with E-state index in [1.807, 2.05) is 6.08 Å². The largest absolute Gasteiger partial charge is 0.491 e. The van der Waals surface area contributed by atoms with E-state index in [2.05, 4.69) is 12.2 Å². The molecule has 158 valence electrons. The van der Waals surface area contributed by atoms with Crippen LogP contribution in [0.15, 0.2) is 48.6 Å². The molecule has 0 amide bonds. The second kappa shape index (κ2) is 10.6. The molecule has 29 heavy (non-hydrogen) atoms. The maximum absolute atomic E-state index is 12.9. The number of aliphatic carboxylic acids is 1. The van der Waals surface area contributed by atoms with Crippen LogP contribution in [0.2, 0.25) is 0 Å². The van der Waals surface area contributed by atoms with E-state index in [0.717, 1.165) is 25.7 Å². The van der Waals surface area contributed by atoms with Crippen LogP contribution in [-0.4, -0.2) is 41.1 Å². The molecular formula is C23H29FO5. The Morgan fingerprint density at radius 2 is 2.00 bits per heavy atom. The Hall–Kier alpha value is -2.18. The van der Waals surface area contributed by atoms with E-state index in [9.17, 15) is 14.3 Å². The highest BCUT2D eigenvalue weighted by molar-refractivity contribution is 5.66. The zero-order chi connectivity index (χ0) is 20.6.